The van der Waals surface area contributed by atoms with Gasteiger partial charge in [-0.1, -0.05) is 146 Å². The Balaban J connectivity index is 1.14. The van der Waals surface area contributed by atoms with Crippen molar-refractivity contribution in [2.45, 2.75) is 0 Å². The van der Waals surface area contributed by atoms with E-state index in [0.29, 0.717) is 11.8 Å². The topological polar surface area (TPSA) is 52.1 Å². The molecule has 54 heavy (non-hydrogen) atoms. The molecule has 0 saturated carbocycles. The lowest BCUT2D eigenvalue weighted by Crippen LogP contribution is -1.88. The van der Waals surface area contributed by atoms with Crippen LogP contribution in [-0.4, -0.2) is 10.2 Å². The zero-order valence-electron chi connectivity index (χ0n) is 29.2. The molecule has 0 atom stereocenters. The molecule has 0 spiro atoms. The zero-order valence-corrected chi connectivity index (χ0v) is 29.2. The fourth-order valence-corrected chi connectivity index (χ4v) is 7.45. The van der Waals surface area contributed by atoms with Crippen LogP contribution in [0.3, 0.4) is 0 Å². The Morgan fingerprint density at radius 3 is 1.26 bits per heavy atom. The van der Waals surface area contributed by atoms with Crippen molar-refractivity contribution in [2.75, 3.05) is 0 Å². The van der Waals surface area contributed by atoms with E-state index in [1.165, 1.54) is 27.8 Å². The first-order chi connectivity index (χ1) is 26.8. The van der Waals surface area contributed by atoms with Crippen LogP contribution in [0, 0.1) is 0 Å². The molecule has 0 aliphatic heterocycles. The van der Waals surface area contributed by atoms with E-state index in [1.807, 2.05) is 42.5 Å². The second kappa shape index (κ2) is 13.4. The lowest BCUT2D eigenvalue weighted by molar-refractivity contribution is 0.584. The number of fused-ring (bicyclic) bond motifs is 3. The molecule has 0 aliphatic rings. The summed E-state index contributed by atoms with van der Waals surface area (Å²) in [6.07, 6.45) is 0. The van der Waals surface area contributed by atoms with Crippen molar-refractivity contribution in [3.8, 4) is 78.5 Å². The molecular weight excluding hydrogens is 661 g/mol. The third-order valence-electron chi connectivity index (χ3n) is 10.1. The first kappa shape index (κ1) is 31.4. The molecule has 0 fully saturated rings. The smallest absolute Gasteiger partial charge is 0.248 e. The summed E-state index contributed by atoms with van der Waals surface area (Å²) in [7, 11) is 0. The van der Waals surface area contributed by atoms with Crippen molar-refractivity contribution in [2.24, 2.45) is 0 Å². The van der Waals surface area contributed by atoms with Crippen LogP contribution >= 0.6 is 0 Å². The molecule has 0 aliphatic carbocycles. The Labute approximate surface area is 312 Å². The van der Waals surface area contributed by atoms with Gasteiger partial charge in [0.1, 0.15) is 11.2 Å². The average molecular weight is 693 g/mol. The minimum atomic E-state index is 0.475. The fourth-order valence-electron chi connectivity index (χ4n) is 7.45. The summed E-state index contributed by atoms with van der Waals surface area (Å²) in [6.45, 7) is 0. The third-order valence-corrected chi connectivity index (χ3v) is 10.1. The monoisotopic (exact) mass is 692 g/mol. The number of hydrogen-bond donors (Lipinski definition) is 0. The molecule has 0 radical (unpaired) electrons. The van der Waals surface area contributed by atoms with E-state index in [-0.39, 0.29) is 0 Å². The number of furan rings is 1. The van der Waals surface area contributed by atoms with Gasteiger partial charge < -0.3 is 8.83 Å². The summed E-state index contributed by atoms with van der Waals surface area (Å²) < 4.78 is 12.9. The minimum absolute atomic E-state index is 0.475. The van der Waals surface area contributed by atoms with Crippen LogP contribution in [0.4, 0.5) is 0 Å². The number of rotatable bonds is 7. The highest BCUT2D eigenvalue weighted by atomic mass is 16.4. The van der Waals surface area contributed by atoms with Crippen molar-refractivity contribution < 1.29 is 8.83 Å². The highest BCUT2D eigenvalue weighted by molar-refractivity contribution is 6.13. The molecule has 0 amide bonds. The van der Waals surface area contributed by atoms with Crippen molar-refractivity contribution in [3.05, 3.63) is 194 Å². The first-order valence-corrected chi connectivity index (χ1v) is 18.1. The molecule has 8 aromatic carbocycles. The summed E-state index contributed by atoms with van der Waals surface area (Å²) in [5.41, 5.74) is 14.8. The van der Waals surface area contributed by atoms with Crippen LogP contribution in [0.1, 0.15) is 0 Å². The maximum atomic E-state index is 6.78. The molecule has 2 aromatic heterocycles. The Bertz CT molecular complexity index is 2910. The van der Waals surface area contributed by atoms with Gasteiger partial charge in [0.2, 0.25) is 11.8 Å². The molecule has 4 heteroatoms. The Morgan fingerprint density at radius 1 is 0.278 bits per heavy atom. The van der Waals surface area contributed by atoms with Crippen molar-refractivity contribution in [3.63, 3.8) is 0 Å². The van der Waals surface area contributed by atoms with Crippen LogP contribution < -0.4 is 0 Å². The van der Waals surface area contributed by atoms with Gasteiger partial charge in [-0.2, -0.15) is 0 Å². The molecule has 4 nitrogen and oxygen atoms in total. The Kier molecular flexibility index (Phi) is 7.77. The van der Waals surface area contributed by atoms with E-state index in [4.69, 9.17) is 8.83 Å². The second-order valence-corrected chi connectivity index (χ2v) is 13.4. The van der Waals surface area contributed by atoms with Crippen LogP contribution in [0.5, 0.6) is 0 Å². The summed E-state index contributed by atoms with van der Waals surface area (Å²) in [6, 6.07) is 67.6. The van der Waals surface area contributed by atoms with Gasteiger partial charge in [0.15, 0.2) is 0 Å². The second-order valence-electron chi connectivity index (χ2n) is 13.4. The number of hydrogen-bond acceptors (Lipinski definition) is 4. The number of aromatic nitrogens is 2. The molecule has 10 aromatic rings. The van der Waals surface area contributed by atoms with Crippen LogP contribution in [0.15, 0.2) is 203 Å². The number of nitrogens with zero attached hydrogens (tertiary/aromatic N) is 2. The largest absolute Gasteiger partial charge is 0.455 e. The summed E-state index contributed by atoms with van der Waals surface area (Å²) in [4.78, 5) is 0. The van der Waals surface area contributed by atoms with E-state index in [9.17, 15) is 0 Å². The quantitative estimate of drug-likeness (QED) is 0.167. The molecule has 0 saturated heterocycles. The molecule has 254 valence electrons. The molecular formula is C50H32N2O2. The van der Waals surface area contributed by atoms with E-state index < -0.39 is 0 Å². The van der Waals surface area contributed by atoms with E-state index in [1.54, 1.807) is 0 Å². The Morgan fingerprint density at radius 2 is 0.685 bits per heavy atom. The lowest BCUT2D eigenvalue weighted by atomic mass is 9.90. The maximum Gasteiger partial charge on any atom is 0.248 e. The summed E-state index contributed by atoms with van der Waals surface area (Å²) in [5, 5.41) is 10.8. The van der Waals surface area contributed by atoms with Gasteiger partial charge in [0.05, 0.1) is 0 Å². The predicted octanol–water partition coefficient (Wildman–Crippen LogP) is 13.6. The van der Waals surface area contributed by atoms with Crippen LogP contribution in [0.25, 0.3) is 100 Å². The van der Waals surface area contributed by atoms with Crippen molar-refractivity contribution >= 4 is 21.9 Å². The van der Waals surface area contributed by atoms with Gasteiger partial charge in [-0.25, -0.2) is 0 Å². The third kappa shape index (κ3) is 5.67. The minimum Gasteiger partial charge on any atom is -0.455 e. The van der Waals surface area contributed by atoms with Crippen LogP contribution in [0.2, 0.25) is 0 Å². The maximum absolute atomic E-state index is 6.78. The standard InChI is InChI=1S/C50H32N2O2/c1-4-14-33(15-5-1)40-20-10-12-22-42(40)38-28-29-47-45(30-38)46-32-39(43-23-13-11-21-41(43)34-16-6-2-7-17-34)31-44(48(46)53-47)35-24-26-37(27-25-35)50-52-51-49(54-50)36-18-8-3-9-19-36/h1-32H. The van der Waals surface area contributed by atoms with Crippen molar-refractivity contribution in [1.29, 1.82) is 0 Å². The molecule has 0 N–H and O–H groups in total. The predicted molar refractivity (Wildman–Crippen MR) is 220 cm³/mol. The summed E-state index contributed by atoms with van der Waals surface area (Å²) >= 11 is 0. The fraction of sp³-hybridized carbons (Fsp3) is 0. The van der Waals surface area contributed by atoms with E-state index in [0.717, 1.165) is 60.9 Å². The van der Waals surface area contributed by atoms with Gasteiger partial charge in [0.25, 0.3) is 0 Å². The normalized spacial score (nSPS) is 11.3. The molecule has 0 unspecified atom stereocenters. The molecule has 0 bridgehead atoms. The van der Waals surface area contributed by atoms with Gasteiger partial charge in [0, 0.05) is 27.5 Å². The summed E-state index contributed by atoms with van der Waals surface area (Å²) in [5.74, 6) is 0.970. The lowest BCUT2D eigenvalue weighted by Gasteiger charge is -2.13. The highest BCUT2D eigenvalue weighted by Gasteiger charge is 2.19. The van der Waals surface area contributed by atoms with Crippen molar-refractivity contribution in [1.82, 2.24) is 10.2 Å². The van der Waals surface area contributed by atoms with E-state index in [2.05, 4.69) is 162 Å². The first-order valence-electron chi connectivity index (χ1n) is 18.1. The highest BCUT2D eigenvalue weighted by Crippen LogP contribution is 2.43. The van der Waals surface area contributed by atoms with Gasteiger partial charge in [-0.15, -0.1) is 10.2 Å². The molecule has 10 rings (SSSR count). The van der Waals surface area contributed by atoms with Crippen LogP contribution in [-0.2, 0) is 0 Å². The average Bonchev–Trinajstić information content (AvgIpc) is 3.90. The SMILES string of the molecule is c1ccc(-c2nnc(-c3ccc(-c4cc(-c5ccccc5-c5ccccc5)cc5c4oc4ccc(-c6ccccc6-c6ccccc6)cc45)cc3)o2)cc1. The van der Waals surface area contributed by atoms with Gasteiger partial charge >= 0.3 is 0 Å². The Hall–Kier alpha value is -7.30. The molecule has 2 heterocycles. The van der Waals surface area contributed by atoms with Gasteiger partial charge in [-0.3, -0.25) is 0 Å². The zero-order chi connectivity index (χ0) is 35.8. The van der Waals surface area contributed by atoms with E-state index >= 15 is 0 Å². The number of benzene rings is 8. The van der Waals surface area contributed by atoms with Gasteiger partial charge in [-0.05, 0) is 98.6 Å².